The summed E-state index contributed by atoms with van der Waals surface area (Å²) in [6, 6.07) is 15.2. The number of para-hydroxylation sites is 1. The van der Waals surface area contributed by atoms with Crippen molar-refractivity contribution in [3.63, 3.8) is 0 Å². The third kappa shape index (κ3) is 3.49. The zero-order chi connectivity index (χ0) is 23.0. The van der Waals surface area contributed by atoms with Crippen molar-refractivity contribution >= 4 is 29.3 Å². The van der Waals surface area contributed by atoms with Crippen molar-refractivity contribution in [1.29, 1.82) is 0 Å². The Morgan fingerprint density at radius 2 is 1.78 bits per heavy atom. The van der Waals surface area contributed by atoms with Gasteiger partial charge in [-0.3, -0.25) is 25.1 Å². The van der Waals surface area contributed by atoms with E-state index < -0.39 is 16.7 Å². The van der Waals surface area contributed by atoms with Crippen molar-refractivity contribution < 1.29 is 19.2 Å². The molecule has 3 aromatic rings. The lowest BCUT2D eigenvalue weighted by Crippen LogP contribution is -2.35. The Bertz CT molecular complexity index is 1280. The maximum absolute atomic E-state index is 12.9. The number of aryl methyl sites for hydroxylation is 1. The van der Waals surface area contributed by atoms with Gasteiger partial charge in [0.05, 0.1) is 23.8 Å². The molecule has 1 aliphatic rings. The van der Waals surface area contributed by atoms with Gasteiger partial charge in [0.1, 0.15) is 17.0 Å². The summed E-state index contributed by atoms with van der Waals surface area (Å²) < 4.78 is 6.83. The molecule has 2 aromatic carbocycles. The van der Waals surface area contributed by atoms with Gasteiger partial charge in [0.15, 0.2) is 0 Å². The topological polar surface area (TPSA) is 107 Å². The summed E-state index contributed by atoms with van der Waals surface area (Å²) in [6.07, 6.45) is 1.51. The summed E-state index contributed by atoms with van der Waals surface area (Å²) in [5.41, 5.74) is 5.33. The van der Waals surface area contributed by atoms with Crippen molar-refractivity contribution in [2.45, 2.75) is 13.8 Å². The number of carbonyl (C=O) groups is 2. The van der Waals surface area contributed by atoms with Crippen molar-refractivity contribution in [3.8, 4) is 11.4 Å². The van der Waals surface area contributed by atoms with E-state index in [9.17, 15) is 19.7 Å². The minimum Gasteiger partial charge on any atom is -0.496 e. The summed E-state index contributed by atoms with van der Waals surface area (Å²) >= 11 is 0. The molecule has 2 heterocycles. The fourth-order valence-corrected chi connectivity index (χ4v) is 3.74. The minimum absolute atomic E-state index is 0.0154. The van der Waals surface area contributed by atoms with Crippen LogP contribution in [0.2, 0.25) is 0 Å². The van der Waals surface area contributed by atoms with Crippen molar-refractivity contribution in [3.05, 3.63) is 87.2 Å². The average molecular weight is 432 g/mol. The molecule has 9 nitrogen and oxygen atoms in total. The molecule has 0 aliphatic carbocycles. The molecule has 9 heteroatoms. The lowest BCUT2D eigenvalue weighted by molar-refractivity contribution is -0.384. The van der Waals surface area contributed by atoms with Gasteiger partial charge in [-0.2, -0.15) is 0 Å². The first kappa shape index (κ1) is 20.9. The van der Waals surface area contributed by atoms with E-state index in [0.29, 0.717) is 34.1 Å². The number of nitro groups is 1. The van der Waals surface area contributed by atoms with Crippen LogP contribution in [0, 0.1) is 24.0 Å². The predicted molar refractivity (Wildman–Crippen MR) is 118 cm³/mol. The van der Waals surface area contributed by atoms with E-state index in [1.54, 1.807) is 60.9 Å². The lowest BCUT2D eigenvalue weighted by Gasteiger charge is -2.13. The Morgan fingerprint density at radius 1 is 1.06 bits per heavy atom. The van der Waals surface area contributed by atoms with Gasteiger partial charge >= 0.3 is 0 Å². The highest BCUT2D eigenvalue weighted by atomic mass is 16.6. The Hall–Kier alpha value is -4.40. The highest BCUT2D eigenvalue weighted by Gasteiger charge is 2.34. The number of methoxy groups -OCH3 is 1. The molecule has 0 atom stereocenters. The standard InChI is InChI=1S/C23H20N4O5/c1-14-11-16(12-19-22(28)24-26(23(19)29)17-7-5-4-6-8-17)15(2)25(14)20-10-9-18(32-3)13-21(20)27(30)31/h4-13H,1-3H3,(H,24,28)/b19-12-. The van der Waals surface area contributed by atoms with Gasteiger partial charge in [-0.25, -0.2) is 5.01 Å². The van der Waals surface area contributed by atoms with Gasteiger partial charge in [-0.15, -0.1) is 0 Å². The summed E-state index contributed by atoms with van der Waals surface area (Å²) in [7, 11) is 1.44. The van der Waals surface area contributed by atoms with Crippen LogP contribution in [0.15, 0.2) is 60.2 Å². The number of carbonyl (C=O) groups excluding carboxylic acids is 2. The number of aromatic nitrogens is 1. The number of hydrogen-bond acceptors (Lipinski definition) is 5. The maximum Gasteiger partial charge on any atom is 0.296 e. The molecule has 0 radical (unpaired) electrons. The number of nitrogens with one attached hydrogen (secondary N) is 1. The van der Waals surface area contributed by atoms with E-state index in [2.05, 4.69) is 5.43 Å². The SMILES string of the molecule is COc1ccc(-n2c(C)cc(/C=C3/C(=O)NN(c4ccccc4)C3=O)c2C)c([N+](=O)[O-])c1. The second-order valence-electron chi connectivity index (χ2n) is 7.25. The molecule has 0 spiro atoms. The molecule has 1 fully saturated rings. The smallest absolute Gasteiger partial charge is 0.296 e. The number of nitrogens with zero attached hydrogens (tertiary/aromatic N) is 3. The zero-order valence-corrected chi connectivity index (χ0v) is 17.7. The molecular formula is C23H20N4O5. The van der Waals surface area contributed by atoms with Crippen LogP contribution in [0.4, 0.5) is 11.4 Å². The van der Waals surface area contributed by atoms with Gasteiger partial charge in [-0.05, 0) is 55.8 Å². The van der Waals surface area contributed by atoms with Crippen molar-refractivity contribution in [2.24, 2.45) is 0 Å². The number of rotatable bonds is 5. The van der Waals surface area contributed by atoms with Crippen LogP contribution in [0.1, 0.15) is 17.0 Å². The van der Waals surface area contributed by atoms with E-state index in [0.717, 1.165) is 0 Å². The second-order valence-corrected chi connectivity index (χ2v) is 7.25. The van der Waals surface area contributed by atoms with Crippen molar-refractivity contribution in [2.75, 3.05) is 12.1 Å². The number of hydrogen-bond donors (Lipinski definition) is 1. The molecule has 4 rings (SSSR count). The predicted octanol–water partition coefficient (Wildman–Crippen LogP) is 3.47. The molecule has 1 aromatic heterocycles. The quantitative estimate of drug-likeness (QED) is 0.288. The molecule has 32 heavy (non-hydrogen) atoms. The highest BCUT2D eigenvalue weighted by molar-refractivity contribution is 6.31. The van der Waals surface area contributed by atoms with Gasteiger partial charge in [0, 0.05) is 11.4 Å². The monoisotopic (exact) mass is 432 g/mol. The summed E-state index contributed by atoms with van der Waals surface area (Å²) in [4.78, 5) is 36.6. The zero-order valence-electron chi connectivity index (χ0n) is 17.7. The van der Waals surface area contributed by atoms with E-state index >= 15 is 0 Å². The molecular weight excluding hydrogens is 412 g/mol. The van der Waals surface area contributed by atoms with Gasteiger partial charge < -0.3 is 9.30 Å². The van der Waals surface area contributed by atoms with Crippen LogP contribution in [0.5, 0.6) is 5.75 Å². The number of amides is 2. The average Bonchev–Trinajstić information content (AvgIpc) is 3.23. The third-order valence-corrected chi connectivity index (χ3v) is 5.30. The van der Waals surface area contributed by atoms with Crippen molar-refractivity contribution in [1.82, 2.24) is 9.99 Å². The number of benzene rings is 2. The number of nitro benzene ring substituents is 1. The first-order valence-electron chi connectivity index (χ1n) is 9.75. The normalized spacial score (nSPS) is 14.7. The van der Waals surface area contributed by atoms with Crippen LogP contribution in [-0.4, -0.2) is 28.4 Å². The Kier molecular flexibility index (Phi) is 5.23. The van der Waals surface area contributed by atoms with Crippen LogP contribution in [-0.2, 0) is 9.59 Å². The van der Waals surface area contributed by atoms with Gasteiger partial charge in [-0.1, -0.05) is 18.2 Å². The molecule has 2 amide bonds. The van der Waals surface area contributed by atoms with Crippen LogP contribution in [0.3, 0.4) is 0 Å². The van der Waals surface area contributed by atoms with E-state index in [1.807, 2.05) is 6.07 Å². The molecule has 162 valence electrons. The molecule has 0 unspecified atom stereocenters. The summed E-state index contributed by atoms with van der Waals surface area (Å²) in [5, 5.41) is 12.8. The molecule has 0 bridgehead atoms. The fraction of sp³-hybridized carbons (Fsp3) is 0.130. The molecule has 1 N–H and O–H groups in total. The van der Waals surface area contributed by atoms with Crippen LogP contribution < -0.4 is 15.2 Å². The maximum atomic E-state index is 12.9. The minimum atomic E-state index is -0.515. The molecule has 0 saturated carbocycles. The summed E-state index contributed by atoms with van der Waals surface area (Å²) in [5.74, 6) is -0.611. The first-order valence-corrected chi connectivity index (χ1v) is 9.75. The Labute approximate surface area is 183 Å². The Morgan fingerprint density at radius 3 is 2.44 bits per heavy atom. The molecule has 1 aliphatic heterocycles. The van der Waals surface area contributed by atoms with E-state index in [-0.39, 0.29) is 11.3 Å². The van der Waals surface area contributed by atoms with Crippen LogP contribution >= 0.6 is 0 Å². The number of hydrazine groups is 1. The Balaban J connectivity index is 1.76. The van der Waals surface area contributed by atoms with E-state index in [4.69, 9.17) is 4.74 Å². The summed E-state index contributed by atoms with van der Waals surface area (Å²) in [6.45, 7) is 3.58. The van der Waals surface area contributed by atoms with Crippen LogP contribution in [0.25, 0.3) is 11.8 Å². The van der Waals surface area contributed by atoms with Gasteiger partial charge in [0.2, 0.25) is 0 Å². The molecule has 1 saturated heterocycles. The second kappa shape index (κ2) is 8.03. The van der Waals surface area contributed by atoms with Gasteiger partial charge in [0.25, 0.3) is 17.5 Å². The fourth-order valence-electron chi connectivity index (χ4n) is 3.74. The number of ether oxygens (including phenoxy) is 1. The van der Waals surface area contributed by atoms with E-state index in [1.165, 1.54) is 24.3 Å². The lowest BCUT2D eigenvalue weighted by atomic mass is 10.1. The largest absolute Gasteiger partial charge is 0.496 e. The number of anilines is 1. The third-order valence-electron chi connectivity index (χ3n) is 5.30. The first-order chi connectivity index (χ1) is 15.3. The highest BCUT2D eigenvalue weighted by Crippen LogP contribution is 2.32.